The van der Waals surface area contributed by atoms with Crippen LogP contribution < -0.4 is 4.74 Å². The molecule has 0 aliphatic carbocycles. The molecule has 0 radical (unpaired) electrons. The fourth-order valence-electron chi connectivity index (χ4n) is 3.01. The summed E-state index contributed by atoms with van der Waals surface area (Å²) in [5.74, 6) is 6.64. The van der Waals surface area contributed by atoms with Gasteiger partial charge >= 0.3 is 5.97 Å². The molecule has 0 amide bonds. The molecule has 0 N–H and O–H groups in total. The number of esters is 1. The van der Waals surface area contributed by atoms with Gasteiger partial charge in [0.2, 0.25) is 0 Å². The first-order chi connectivity index (χ1) is 16.3. The Balaban J connectivity index is 1.68. The van der Waals surface area contributed by atoms with E-state index in [0.717, 1.165) is 16.2 Å². The molecule has 176 valence electrons. The second-order valence-corrected chi connectivity index (χ2v) is 10.5. The van der Waals surface area contributed by atoms with Gasteiger partial charge in [0.05, 0.1) is 6.61 Å². The van der Waals surface area contributed by atoms with E-state index >= 15 is 0 Å². The number of thiophene rings is 2. The number of hydrogen-bond donors (Lipinski definition) is 0. The summed E-state index contributed by atoms with van der Waals surface area (Å²) in [4.78, 5) is 13.6. The van der Waals surface area contributed by atoms with Gasteiger partial charge < -0.3 is 9.47 Å². The zero-order chi connectivity index (χ0) is 24.4. The van der Waals surface area contributed by atoms with Gasteiger partial charge in [-0.2, -0.15) is 11.3 Å². The fraction of sp³-hybridized carbons (Fsp3) is 0.276. The highest BCUT2D eigenvalue weighted by atomic mass is 32.1. The summed E-state index contributed by atoms with van der Waals surface area (Å²) < 4.78 is 11.3. The van der Waals surface area contributed by atoms with Crippen molar-refractivity contribution in [3.63, 3.8) is 0 Å². The summed E-state index contributed by atoms with van der Waals surface area (Å²) >= 11 is 3.39. The van der Waals surface area contributed by atoms with Crippen molar-refractivity contribution in [2.75, 3.05) is 6.61 Å². The van der Waals surface area contributed by atoms with Crippen LogP contribution in [-0.4, -0.2) is 12.6 Å². The average molecular weight is 491 g/mol. The Bertz CT molecular complexity index is 1200. The summed E-state index contributed by atoms with van der Waals surface area (Å²) in [6, 6.07) is 12.0. The van der Waals surface area contributed by atoms with Crippen LogP contribution in [0.1, 0.15) is 44.6 Å². The van der Waals surface area contributed by atoms with E-state index in [9.17, 15) is 4.79 Å². The summed E-state index contributed by atoms with van der Waals surface area (Å²) in [5, 5.41) is 6.39. The number of ether oxygens (including phenoxy) is 2. The lowest BCUT2D eigenvalue weighted by Crippen LogP contribution is -2.07. The van der Waals surface area contributed by atoms with Crippen LogP contribution in [0.3, 0.4) is 0 Å². The number of allylic oxidation sites excluding steroid dienone is 2. The van der Waals surface area contributed by atoms with Gasteiger partial charge in [0, 0.05) is 15.9 Å². The number of carbonyl (C=O) groups is 1. The summed E-state index contributed by atoms with van der Waals surface area (Å²) in [6.07, 6.45) is 5.99. The maximum absolute atomic E-state index is 12.5. The van der Waals surface area contributed by atoms with Crippen LogP contribution in [0.2, 0.25) is 0 Å². The van der Waals surface area contributed by atoms with Gasteiger partial charge in [-0.05, 0) is 103 Å². The van der Waals surface area contributed by atoms with Crippen molar-refractivity contribution >= 4 is 34.7 Å². The van der Waals surface area contributed by atoms with E-state index in [4.69, 9.17) is 9.47 Å². The average Bonchev–Trinajstić information content (AvgIpc) is 3.48. The van der Waals surface area contributed by atoms with E-state index in [1.807, 2.05) is 43.3 Å². The van der Waals surface area contributed by atoms with Crippen molar-refractivity contribution in [3.8, 4) is 28.7 Å². The van der Waals surface area contributed by atoms with Crippen LogP contribution in [0.25, 0.3) is 17.2 Å². The number of rotatable bonds is 9. The zero-order valence-electron chi connectivity index (χ0n) is 20.1. The molecular weight excluding hydrogens is 460 g/mol. The van der Waals surface area contributed by atoms with Crippen LogP contribution in [0, 0.1) is 17.3 Å². The molecule has 0 saturated carbocycles. The van der Waals surface area contributed by atoms with Crippen molar-refractivity contribution < 1.29 is 14.3 Å². The summed E-state index contributed by atoms with van der Waals surface area (Å²) in [6.45, 7) is 8.84. The Labute approximate surface area is 210 Å². The van der Waals surface area contributed by atoms with Crippen LogP contribution in [0.5, 0.6) is 5.75 Å². The minimum atomic E-state index is -0.318. The molecule has 3 rings (SSSR count). The molecule has 0 saturated heterocycles. The lowest BCUT2D eigenvalue weighted by atomic mass is 9.98. The van der Waals surface area contributed by atoms with Crippen molar-refractivity contribution in [2.45, 2.75) is 40.7 Å². The molecule has 3 nitrogen and oxygen atoms in total. The van der Waals surface area contributed by atoms with Crippen molar-refractivity contribution in [3.05, 3.63) is 80.7 Å². The van der Waals surface area contributed by atoms with Gasteiger partial charge in [-0.15, -0.1) is 11.3 Å². The Morgan fingerprint density at radius 3 is 2.71 bits per heavy atom. The topological polar surface area (TPSA) is 35.5 Å². The molecule has 0 aliphatic heterocycles. The van der Waals surface area contributed by atoms with Crippen LogP contribution >= 0.6 is 22.7 Å². The molecule has 2 aromatic heterocycles. The SMILES string of the molecule is CCOC(=O)C(=Cc1cccc(OCc2cc(-c3ccsc3)cs2)c1)CC=CC#CC(C)(C)C. The van der Waals surface area contributed by atoms with E-state index in [0.29, 0.717) is 25.2 Å². The number of carbonyl (C=O) groups excluding carboxylic acids is 1. The van der Waals surface area contributed by atoms with Crippen molar-refractivity contribution in [1.29, 1.82) is 0 Å². The van der Waals surface area contributed by atoms with E-state index in [-0.39, 0.29) is 11.4 Å². The lowest BCUT2D eigenvalue weighted by Gasteiger charge is -2.08. The van der Waals surface area contributed by atoms with Crippen LogP contribution in [0.15, 0.2) is 70.3 Å². The molecule has 0 unspecified atom stereocenters. The molecule has 5 heteroatoms. The highest BCUT2D eigenvalue weighted by Crippen LogP contribution is 2.28. The van der Waals surface area contributed by atoms with Crippen molar-refractivity contribution in [1.82, 2.24) is 0 Å². The maximum Gasteiger partial charge on any atom is 0.334 e. The second-order valence-electron chi connectivity index (χ2n) is 8.69. The Kier molecular flexibility index (Phi) is 9.33. The van der Waals surface area contributed by atoms with E-state index in [1.165, 1.54) is 11.1 Å². The lowest BCUT2D eigenvalue weighted by molar-refractivity contribution is -0.138. The van der Waals surface area contributed by atoms with Crippen LogP contribution in [0.4, 0.5) is 0 Å². The minimum absolute atomic E-state index is 0.0564. The van der Waals surface area contributed by atoms with E-state index < -0.39 is 0 Å². The molecule has 3 aromatic rings. The van der Waals surface area contributed by atoms with Gasteiger partial charge in [-0.1, -0.05) is 30.0 Å². The van der Waals surface area contributed by atoms with E-state index in [2.05, 4.69) is 60.9 Å². The largest absolute Gasteiger partial charge is 0.488 e. The Morgan fingerprint density at radius 2 is 1.97 bits per heavy atom. The highest BCUT2D eigenvalue weighted by molar-refractivity contribution is 7.10. The molecular formula is C29H30O3S2. The van der Waals surface area contributed by atoms with Gasteiger partial charge in [0.1, 0.15) is 12.4 Å². The first-order valence-electron chi connectivity index (χ1n) is 11.2. The van der Waals surface area contributed by atoms with Gasteiger partial charge in [-0.3, -0.25) is 0 Å². The van der Waals surface area contributed by atoms with Crippen molar-refractivity contribution in [2.24, 2.45) is 5.41 Å². The third kappa shape index (κ3) is 8.37. The van der Waals surface area contributed by atoms with E-state index in [1.54, 1.807) is 28.7 Å². The number of hydrogen-bond acceptors (Lipinski definition) is 5. The number of benzene rings is 1. The predicted molar refractivity (Wildman–Crippen MR) is 144 cm³/mol. The molecule has 0 bridgehead atoms. The van der Waals surface area contributed by atoms with Crippen LogP contribution in [-0.2, 0) is 16.1 Å². The Hall–Kier alpha value is -3.07. The third-order valence-electron chi connectivity index (χ3n) is 4.61. The fourth-order valence-corrected chi connectivity index (χ4v) is 4.48. The van der Waals surface area contributed by atoms with Gasteiger partial charge in [0.15, 0.2) is 0 Å². The standard InChI is InChI=1S/C29H30O3S2/c1-5-31-28(30)23(11-7-6-8-14-29(2,3)4)16-22-10-9-12-26(17-22)32-19-27-18-25(21-34-27)24-13-15-33-20-24/h6-7,9-10,12-13,15-18,20-21H,5,11,19H2,1-4H3. The highest BCUT2D eigenvalue weighted by Gasteiger charge is 2.10. The molecule has 0 fully saturated rings. The molecule has 0 atom stereocenters. The molecule has 2 heterocycles. The smallest absolute Gasteiger partial charge is 0.334 e. The first kappa shape index (κ1) is 25.6. The summed E-state index contributed by atoms with van der Waals surface area (Å²) in [7, 11) is 0. The Morgan fingerprint density at radius 1 is 1.12 bits per heavy atom. The first-order valence-corrected chi connectivity index (χ1v) is 13.0. The normalized spacial score (nSPS) is 11.8. The minimum Gasteiger partial charge on any atom is -0.488 e. The maximum atomic E-state index is 12.5. The van der Waals surface area contributed by atoms with Gasteiger partial charge in [0.25, 0.3) is 0 Å². The molecule has 34 heavy (non-hydrogen) atoms. The molecule has 0 spiro atoms. The quantitative estimate of drug-likeness (QED) is 0.173. The van der Waals surface area contributed by atoms with Gasteiger partial charge in [-0.25, -0.2) is 4.79 Å². The molecule has 0 aliphatic rings. The second kappa shape index (κ2) is 12.4. The summed E-state index contributed by atoms with van der Waals surface area (Å²) in [5.41, 5.74) is 3.87. The zero-order valence-corrected chi connectivity index (χ0v) is 21.7. The predicted octanol–water partition coefficient (Wildman–Crippen LogP) is 8.00. The third-order valence-corrected chi connectivity index (χ3v) is 6.21. The molecule has 1 aromatic carbocycles. The monoisotopic (exact) mass is 490 g/mol.